The average molecular weight is 347 g/mol. The lowest BCUT2D eigenvalue weighted by Gasteiger charge is -2.36. The summed E-state index contributed by atoms with van der Waals surface area (Å²) in [6, 6.07) is 0. The molecule has 0 aromatic carbocycles. The molecule has 0 bridgehead atoms. The number of allylic oxidation sites excluding steroid dienone is 1. The van der Waals surface area contributed by atoms with E-state index in [1.807, 2.05) is 0 Å². The normalized spacial score (nSPS) is 19.9. The van der Waals surface area contributed by atoms with Gasteiger partial charge in [-0.2, -0.15) is 0 Å². The van der Waals surface area contributed by atoms with Crippen LogP contribution in [0.15, 0.2) is 12.7 Å². The van der Waals surface area contributed by atoms with E-state index in [0.29, 0.717) is 6.10 Å². The Bertz CT molecular complexity index is 490. The van der Waals surface area contributed by atoms with Gasteiger partial charge in [-0.15, -0.1) is 6.58 Å². The lowest BCUT2D eigenvalue weighted by molar-refractivity contribution is -0.0146. The monoisotopic (exact) mass is 346 g/mol. The zero-order valence-corrected chi connectivity index (χ0v) is 18.2. The van der Waals surface area contributed by atoms with E-state index < -0.39 is 0 Å². The van der Waals surface area contributed by atoms with Crippen LogP contribution in [0, 0.1) is 33.5 Å². The minimum absolute atomic E-state index is 0.00554. The van der Waals surface area contributed by atoms with Gasteiger partial charge in [0, 0.05) is 17.4 Å². The first-order valence-corrected chi connectivity index (χ1v) is 10.1. The number of hydrogen-bond acceptors (Lipinski definition) is 1. The fraction of sp³-hybridized carbons (Fsp3) is 0.833. The standard InChI is InChI=1S/C24H42O/c1-10-21(2,3)18-22(4,5)14-15-23(6,7)19-24(8,9)17-20-13-11-12-16-25-20/h10,20H,1,11-13,16-19H2,2-9H3. The highest BCUT2D eigenvalue weighted by Crippen LogP contribution is 2.39. The van der Waals surface area contributed by atoms with Crippen molar-refractivity contribution in [3.05, 3.63) is 12.7 Å². The molecule has 0 N–H and O–H groups in total. The molecule has 1 heteroatoms. The maximum absolute atomic E-state index is 5.96. The second-order valence-corrected chi connectivity index (χ2v) is 10.9. The summed E-state index contributed by atoms with van der Waals surface area (Å²) in [5, 5.41) is 0. The minimum Gasteiger partial charge on any atom is -0.378 e. The highest BCUT2D eigenvalue weighted by Gasteiger charge is 2.32. The zero-order valence-electron chi connectivity index (χ0n) is 18.2. The summed E-state index contributed by atoms with van der Waals surface area (Å²) in [6.07, 6.45) is 9.54. The Kier molecular flexibility index (Phi) is 7.41. The Morgan fingerprint density at radius 2 is 1.48 bits per heavy atom. The maximum Gasteiger partial charge on any atom is 0.0580 e. The molecule has 1 rings (SSSR count). The van der Waals surface area contributed by atoms with Crippen LogP contribution in [0.5, 0.6) is 0 Å². The zero-order chi connectivity index (χ0) is 19.4. The molecule has 0 aromatic rings. The molecule has 1 nitrogen and oxygen atoms in total. The molecule has 1 unspecified atom stereocenters. The molecule has 25 heavy (non-hydrogen) atoms. The maximum atomic E-state index is 5.96. The highest BCUT2D eigenvalue weighted by atomic mass is 16.5. The Morgan fingerprint density at radius 1 is 0.920 bits per heavy atom. The minimum atomic E-state index is 0.00554. The summed E-state index contributed by atoms with van der Waals surface area (Å²) in [6.45, 7) is 23.2. The van der Waals surface area contributed by atoms with Gasteiger partial charge < -0.3 is 4.74 Å². The SMILES string of the molecule is C=CC(C)(C)CC(C)(C)C#CC(C)(C)CC(C)(C)CC1CCCCO1. The second kappa shape index (κ2) is 8.30. The van der Waals surface area contributed by atoms with E-state index in [4.69, 9.17) is 4.74 Å². The molecule has 0 spiro atoms. The van der Waals surface area contributed by atoms with Crippen molar-refractivity contribution in [1.82, 2.24) is 0 Å². The van der Waals surface area contributed by atoms with Crippen molar-refractivity contribution in [1.29, 1.82) is 0 Å². The van der Waals surface area contributed by atoms with Crippen LogP contribution in [0.2, 0.25) is 0 Å². The Hall–Kier alpha value is -0.740. The van der Waals surface area contributed by atoms with Crippen LogP contribution in [-0.4, -0.2) is 12.7 Å². The van der Waals surface area contributed by atoms with Crippen molar-refractivity contribution < 1.29 is 4.74 Å². The predicted molar refractivity (Wildman–Crippen MR) is 111 cm³/mol. The lowest BCUT2D eigenvalue weighted by atomic mass is 9.71. The van der Waals surface area contributed by atoms with Crippen molar-refractivity contribution in [3.8, 4) is 11.8 Å². The molecular weight excluding hydrogens is 304 g/mol. The molecule has 1 atom stereocenters. The van der Waals surface area contributed by atoms with Crippen molar-refractivity contribution in [2.45, 2.75) is 100 Å². The molecule has 1 aliphatic rings. The summed E-state index contributed by atoms with van der Waals surface area (Å²) in [5.74, 6) is 7.20. The molecule has 1 heterocycles. The molecule has 1 aliphatic heterocycles. The summed E-state index contributed by atoms with van der Waals surface area (Å²) < 4.78 is 5.96. The van der Waals surface area contributed by atoms with E-state index in [-0.39, 0.29) is 21.7 Å². The Labute approximate surface area is 158 Å². The summed E-state index contributed by atoms with van der Waals surface area (Å²) >= 11 is 0. The van der Waals surface area contributed by atoms with Gasteiger partial charge in [0.15, 0.2) is 0 Å². The van der Waals surface area contributed by atoms with E-state index in [2.05, 4.69) is 79.9 Å². The van der Waals surface area contributed by atoms with Crippen LogP contribution in [0.25, 0.3) is 0 Å². The smallest absolute Gasteiger partial charge is 0.0580 e. The molecule has 0 aliphatic carbocycles. The molecule has 0 saturated carbocycles. The molecule has 0 aromatic heterocycles. The Morgan fingerprint density at radius 3 is 1.96 bits per heavy atom. The Balaban J connectivity index is 2.72. The van der Waals surface area contributed by atoms with Crippen molar-refractivity contribution in [2.24, 2.45) is 21.7 Å². The van der Waals surface area contributed by atoms with Gasteiger partial charge in [0.25, 0.3) is 0 Å². The first-order chi connectivity index (χ1) is 11.3. The molecule has 144 valence electrons. The summed E-state index contributed by atoms with van der Waals surface area (Å²) in [4.78, 5) is 0. The average Bonchev–Trinajstić information content (AvgIpc) is 2.44. The van der Waals surface area contributed by atoms with Gasteiger partial charge in [0.05, 0.1) is 6.10 Å². The quantitative estimate of drug-likeness (QED) is 0.355. The third kappa shape index (κ3) is 8.96. The van der Waals surface area contributed by atoms with E-state index in [0.717, 1.165) is 25.9 Å². The third-order valence-electron chi connectivity index (χ3n) is 5.16. The first kappa shape index (κ1) is 22.3. The van der Waals surface area contributed by atoms with Crippen molar-refractivity contribution >= 4 is 0 Å². The number of rotatable bonds is 7. The first-order valence-electron chi connectivity index (χ1n) is 10.1. The van der Waals surface area contributed by atoms with Crippen molar-refractivity contribution in [3.63, 3.8) is 0 Å². The van der Waals surface area contributed by atoms with Gasteiger partial charge in [-0.1, -0.05) is 45.6 Å². The van der Waals surface area contributed by atoms with E-state index in [1.54, 1.807) is 0 Å². The van der Waals surface area contributed by atoms with Crippen molar-refractivity contribution in [2.75, 3.05) is 6.61 Å². The van der Waals surface area contributed by atoms with E-state index in [9.17, 15) is 0 Å². The summed E-state index contributed by atoms with van der Waals surface area (Å²) in [7, 11) is 0. The number of ether oxygens (including phenoxy) is 1. The lowest BCUT2D eigenvalue weighted by Crippen LogP contribution is -2.30. The van der Waals surface area contributed by atoms with Gasteiger partial charge in [0.1, 0.15) is 0 Å². The fourth-order valence-electron chi connectivity index (χ4n) is 4.49. The molecule has 0 amide bonds. The van der Waals surface area contributed by atoms with Crippen LogP contribution >= 0.6 is 0 Å². The van der Waals surface area contributed by atoms with Crippen LogP contribution in [0.3, 0.4) is 0 Å². The second-order valence-electron chi connectivity index (χ2n) is 10.9. The number of hydrogen-bond donors (Lipinski definition) is 0. The van der Waals surface area contributed by atoms with E-state index >= 15 is 0 Å². The molecule has 1 saturated heterocycles. The largest absolute Gasteiger partial charge is 0.378 e. The predicted octanol–water partition coefficient (Wildman–Crippen LogP) is 7.02. The van der Waals surface area contributed by atoms with Gasteiger partial charge in [-0.05, 0) is 77.0 Å². The van der Waals surface area contributed by atoms with Gasteiger partial charge in [0.2, 0.25) is 0 Å². The molecular formula is C24H42O. The van der Waals surface area contributed by atoms with Crippen LogP contribution < -0.4 is 0 Å². The summed E-state index contributed by atoms with van der Waals surface area (Å²) in [5.41, 5.74) is 0.407. The topological polar surface area (TPSA) is 9.23 Å². The van der Waals surface area contributed by atoms with Gasteiger partial charge in [-0.3, -0.25) is 0 Å². The third-order valence-corrected chi connectivity index (χ3v) is 5.16. The van der Waals surface area contributed by atoms with Crippen LogP contribution in [-0.2, 0) is 4.74 Å². The van der Waals surface area contributed by atoms with E-state index in [1.165, 1.54) is 19.3 Å². The highest BCUT2D eigenvalue weighted by molar-refractivity contribution is 5.17. The molecule has 1 fully saturated rings. The van der Waals surface area contributed by atoms with Crippen LogP contribution in [0.4, 0.5) is 0 Å². The van der Waals surface area contributed by atoms with Crippen LogP contribution in [0.1, 0.15) is 93.9 Å². The van der Waals surface area contributed by atoms with Gasteiger partial charge >= 0.3 is 0 Å². The fourth-order valence-corrected chi connectivity index (χ4v) is 4.49. The molecule has 0 radical (unpaired) electrons. The van der Waals surface area contributed by atoms with Gasteiger partial charge in [-0.25, -0.2) is 0 Å².